The number of rotatable bonds is 3. The fraction of sp³-hybridized carbons (Fsp3) is 0.429. The van der Waals surface area contributed by atoms with Crippen molar-refractivity contribution < 1.29 is 0 Å². The number of H-pyrrole nitrogens is 1. The van der Waals surface area contributed by atoms with Crippen molar-refractivity contribution in [2.45, 2.75) is 25.3 Å². The third-order valence-corrected chi connectivity index (χ3v) is 3.47. The van der Waals surface area contributed by atoms with Crippen molar-refractivity contribution in [3.05, 3.63) is 41.7 Å². The molecule has 1 fully saturated rings. The van der Waals surface area contributed by atoms with Crippen LogP contribution in [0.2, 0.25) is 0 Å². The maximum Gasteiger partial charge on any atom is 0.244 e. The van der Waals surface area contributed by atoms with Crippen molar-refractivity contribution in [3.8, 4) is 0 Å². The lowest BCUT2D eigenvalue weighted by Gasteiger charge is -2.29. The van der Waals surface area contributed by atoms with Gasteiger partial charge in [-0.15, -0.1) is 5.10 Å². The third kappa shape index (κ3) is 2.93. The number of hydrogen-bond donors (Lipinski definition) is 2. The molecule has 3 N–H and O–H groups in total. The van der Waals surface area contributed by atoms with Crippen LogP contribution >= 0.6 is 0 Å². The Bertz CT molecular complexity index is 522. The summed E-state index contributed by atoms with van der Waals surface area (Å²) >= 11 is 0. The molecule has 3 rings (SSSR count). The zero-order valence-corrected chi connectivity index (χ0v) is 10.9. The Morgan fingerprint density at radius 2 is 2.16 bits per heavy atom. The first-order chi connectivity index (χ1) is 9.31. The van der Waals surface area contributed by atoms with Gasteiger partial charge in [0.2, 0.25) is 5.95 Å². The van der Waals surface area contributed by atoms with Crippen LogP contribution in [0.25, 0.3) is 0 Å². The Labute approximate surface area is 112 Å². The van der Waals surface area contributed by atoms with Gasteiger partial charge in [-0.2, -0.15) is 4.98 Å². The summed E-state index contributed by atoms with van der Waals surface area (Å²) in [5.74, 6) is 1.68. The first kappa shape index (κ1) is 12.2. The predicted octanol–water partition coefficient (Wildman–Crippen LogP) is 1.32. The Balaban J connectivity index is 1.69. The van der Waals surface area contributed by atoms with E-state index in [2.05, 4.69) is 32.2 Å². The minimum Gasteiger partial charge on any atom is -0.338 e. The van der Waals surface area contributed by atoms with Gasteiger partial charge >= 0.3 is 0 Å². The molecule has 1 atom stereocenters. The highest BCUT2D eigenvalue weighted by Gasteiger charge is 2.20. The second kappa shape index (κ2) is 5.40. The smallest absolute Gasteiger partial charge is 0.244 e. The van der Waals surface area contributed by atoms with Gasteiger partial charge < -0.3 is 10.6 Å². The van der Waals surface area contributed by atoms with Gasteiger partial charge in [-0.25, -0.2) is 0 Å². The van der Waals surface area contributed by atoms with E-state index in [1.54, 1.807) is 0 Å². The van der Waals surface area contributed by atoms with Crippen LogP contribution < -0.4 is 10.6 Å². The van der Waals surface area contributed by atoms with Gasteiger partial charge in [0.05, 0.1) is 0 Å². The highest BCUT2D eigenvalue weighted by Crippen LogP contribution is 2.15. The van der Waals surface area contributed by atoms with E-state index >= 15 is 0 Å². The van der Waals surface area contributed by atoms with Crippen LogP contribution in [-0.4, -0.2) is 34.3 Å². The fourth-order valence-corrected chi connectivity index (χ4v) is 2.49. The number of aromatic amines is 1. The van der Waals surface area contributed by atoms with E-state index in [9.17, 15) is 0 Å². The lowest BCUT2D eigenvalue weighted by molar-refractivity contribution is 0.500. The van der Waals surface area contributed by atoms with E-state index in [4.69, 9.17) is 5.73 Å². The van der Waals surface area contributed by atoms with Crippen molar-refractivity contribution in [2.75, 3.05) is 18.0 Å². The third-order valence-electron chi connectivity index (χ3n) is 3.47. The van der Waals surface area contributed by atoms with E-state index in [1.165, 1.54) is 5.56 Å². The molecule has 1 aliphatic rings. The maximum absolute atomic E-state index is 5.99. The molecular weight excluding hydrogens is 238 g/mol. The molecule has 1 aromatic carbocycles. The zero-order chi connectivity index (χ0) is 13.1. The number of piperidine rings is 1. The van der Waals surface area contributed by atoms with Gasteiger partial charge in [-0.3, -0.25) is 5.10 Å². The molecule has 0 amide bonds. The number of nitrogens with zero attached hydrogens (tertiary/aromatic N) is 3. The molecule has 1 saturated heterocycles. The topological polar surface area (TPSA) is 70.8 Å². The highest BCUT2D eigenvalue weighted by molar-refractivity contribution is 5.31. The van der Waals surface area contributed by atoms with Gasteiger partial charge in [0, 0.05) is 25.6 Å². The second-order valence-electron chi connectivity index (χ2n) is 5.09. The zero-order valence-electron chi connectivity index (χ0n) is 10.9. The highest BCUT2D eigenvalue weighted by atomic mass is 15.4. The normalized spacial score (nSPS) is 19.6. The molecule has 1 aliphatic heterocycles. The SMILES string of the molecule is NC1CCCN(c2n[nH]c(Cc3ccccc3)n2)C1. The predicted molar refractivity (Wildman–Crippen MR) is 75.1 cm³/mol. The summed E-state index contributed by atoms with van der Waals surface area (Å²) in [6.45, 7) is 1.85. The number of hydrogen-bond acceptors (Lipinski definition) is 4. The summed E-state index contributed by atoms with van der Waals surface area (Å²) < 4.78 is 0. The number of nitrogens with two attached hydrogens (primary N) is 1. The Morgan fingerprint density at radius 3 is 2.95 bits per heavy atom. The minimum atomic E-state index is 0.241. The summed E-state index contributed by atoms with van der Waals surface area (Å²) in [7, 11) is 0. The van der Waals surface area contributed by atoms with Gasteiger partial charge in [-0.05, 0) is 18.4 Å². The first-order valence-corrected chi connectivity index (χ1v) is 6.77. The van der Waals surface area contributed by atoms with Crippen LogP contribution in [0, 0.1) is 0 Å². The lowest BCUT2D eigenvalue weighted by Crippen LogP contribution is -2.43. The molecule has 5 heteroatoms. The summed E-state index contributed by atoms with van der Waals surface area (Å²) in [5, 5.41) is 7.33. The molecule has 5 nitrogen and oxygen atoms in total. The first-order valence-electron chi connectivity index (χ1n) is 6.77. The molecule has 0 aliphatic carbocycles. The summed E-state index contributed by atoms with van der Waals surface area (Å²) in [4.78, 5) is 6.73. The number of nitrogens with one attached hydrogen (secondary N) is 1. The summed E-state index contributed by atoms with van der Waals surface area (Å²) in [6, 6.07) is 10.5. The molecule has 0 radical (unpaired) electrons. The molecule has 0 spiro atoms. The summed E-state index contributed by atoms with van der Waals surface area (Å²) in [6.07, 6.45) is 3.00. The Kier molecular flexibility index (Phi) is 3.46. The van der Waals surface area contributed by atoms with E-state index in [0.29, 0.717) is 0 Å². The monoisotopic (exact) mass is 257 g/mol. The van der Waals surface area contributed by atoms with Gasteiger partial charge in [0.25, 0.3) is 0 Å². The molecule has 0 saturated carbocycles. The van der Waals surface area contributed by atoms with Crippen molar-refractivity contribution >= 4 is 5.95 Å². The van der Waals surface area contributed by atoms with Crippen LogP contribution in [-0.2, 0) is 6.42 Å². The molecule has 100 valence electrons. The average Bonchev–Trinajstić information content (AvgIpc) is 2.88. The van der Waals surface area contributed by atoms with Crippen molar-refractivity contribution in [3.63, 3.8) is 0 Å². The standard InChI is InChI=1S/C14H19N5/c15-12-7-4-8-19(10-12)14-16-13(17-18-14)9-11-5-2-1-3-6-11/h1-3,5-6,12H,4,7-10,15H2,(H,16,17,18). The lowest BCUT2D eigenvalue weighted by atomic mass is 10.1. The molecule has 2 heterocycles. The van der Waals surface area contributed by atoms with Gasteiger partial charge in [-0.1, -0.05) is 30.3 Å². The molecule has 1 unspecified atom stereocenters. The molecule has 0 bridgehead atoms. The second-order valence-corrected chi connectivity index (χ2v) is 5.09. The van der Waals surface area contributed by atoms with E-state index < -0.39 is 0 Å². The molecular formula is C14H19N5. The van der Waals surface area contributed by atoms with Crippen molar-refractivity contribution in [1.29, 1.82) is 0 Å². The maximum atomic E-state index is 5.99. The minimum absolute atomic E-state index is 0.241. The van der Waals surface area contributed by atoms with Crippen molar-refractivity contribution in [1.82, 2.24) is 15.2 Å². The van der Waals surface area contributed by atoms with Crippen molar-refractivity contribution in [2.24, 2.45) is 5.73 Å². The van der Waals surface area contributed by atoms with E-state index in [-0.39, 0.29) is 6.04 Å². The summed E-state index contributed by atoms with van der Waals surface area (Å²) in [5.41, 5.74) is 7.22. The molecule has 19 heavy (non-hydrogen) atoms. The van der Waals surface area contributed by atoms with E-state index in [1.807, 2.05) is 18.2 Å². The van der Waals surface area contributed by atoms with Crippen LogP contribution in [0.4, 0.5) is 5.95 Å². The number of benzene rings is 1. The van der Waals surface area contributed by atoms with Gasteiger partial charge in [0.15, 0.2) is 0 Å². The number of aromatic nitrogens is 3. The van der Waals surface area contributed by atoms with Crippen LogP contribution in [0.3, 0.4) is 0 Å². The molecule has 2 aromatic rings. The largest absolute Gasteiger partial charge is 0.338 e. The van der Waals surface area contributed by atoms with Gasteiger partial charge in [0.1, 0.15) is 5.82 Å². The van der Waals surface area contributed by atoms with Crippen LogP contribution in [0.5, 0.6) is 0 Å². The average molecular weight is 257 g/mol. The quantitative estimate of drug-likeness (QED) is 0.870. The Hall–Kier alpha value is -1.88. The molecule has 1 aromatic heterocycles. The fourth-order valence-electron chi connectivity index (χ4n) is 2.49. The Morgan fingerprint density at radius 1 is 1.32 bits per heavy atom. The van der Waals surface area contributed by atoms with E-state index in [0.717, 1.165) is 44.1 Å². The van der Waals surface area contributed by atoms with Crippen LogP contribution in [0.15, 0.2) is 30.3 Å². The van der Waals surface area contributed by atoms with Crippen LogP contribution in [0.1, 0.15) is 24.2 Å². The number of anilines is 1.